The summed E-state index contributed by atoms with van der Waals surface area (Å²) in [4.78, 5) is 24.1. The van der Waals surface area contributed by atoms with Crippen LogP contribution in [0, 0.1) is 10.8 Å². The van der Waals surface area contributed by atoms with E-state index in [0.29, 0.717) is 39.3 Å². The highest BCUT2D eigenvalue weighted by molar-refractivity contribution is 5.74. The number of carboxylic acids is 1. The van der Waals surface area contributed by atoms with Gasteiger partial charge in [-0.2, -0.15) is 0 Å². The second-order valence-electron chi connectivity index (χ2n) is 17.7. The van der Waals surface area contributed by atoms with Gasteiger partial charge in [0.2, 0.25) is 0 Å². The predicted molar refractivity (Wildman–Crippen MR) is 175 cm³/mol. The van der Waals surface area contributed by atoms with Crippen LogP contribution in [0.15, 0.2) is 0 Å². The Morgan fingerprint density at radius 2 is 1.02 bits per heavy atom. The Kier molecular flexibility index (Phi) is 10.7. The third-order valence-electron chi connectivity index (χ3n) is 10.4. The fraction of sp³-hybridized carbons (Fsp3) is 0.943. The predicted octanol–water partition coefficient (Wildman–Crippen LogP) is 4.51. The number of hydrogen-bond acceptors (Lipinski definition) is 10. The van der Waals surface area contributed by atoms with E-state index in [1.54, 1.807) is 0 Å². The van der Waals surface area contributed by atoms with Gasteiger partial charge in [-0.15, -0.1) is 0 Å². The average Bonchev–Trinajstić information content (AvgIpc) is 2.88. The Morgan fingerprint density at radius 3 is 1.33 bits per heavy atom. The minimum absolute atomic E-state index is 0.139. The first-order valence-corrected chi connectivity index (χ1v) is 17.3. The zero-order valence-electron chi connectivity index (χ0n) is 30.3. The lowest BCUT2D eigenvalue weighted by Crippen LogP contribution is -2.67. The molecule has 0 aliphatic carbocycles. The molecule has 4 saturated heterocycles. The van der Waals surface area contributed by atoms with E-state index in [1.165, 1.54) is 0 Å². The average molecular weight is 654 g/mol. The standard InChI is InChI=1S/C35H63N3O8/c1-11-32(21-42-34(43-22-32)17-28(3,4)37-29(5,6)18-34)13-25(46-27(41)16-36-15-26(39)40)14-33(12-2)23-44-35(45-24-33)19-30(7,8)38-31(9,10)20-35/h25,36-38H,11-24H2,1-10H3,(H,39,40). The first-order valence-electron chi connectivity index (χ1n) is 17.3. The van der Waals surface area contributed by atoms with Gasteiger partial charge in [0, 0.05) is 58.7 Å². The molecule has 0 saturated carbocycles. The first kappa shape index (κ1) is 37.5. The van der Waals surface area contributed by atoms with Crippen molar-refractivity contribution < 1.29 is 38.4 Å². The van der Waals surface area contributed by atoms with Crippen molar-refractivity contribution in [1.82, 2.24) is 16.0 Å². The van der Waals surface area contributed by atoms with Crippen LogP contribution in [-0.4, -0.2) is 96.4 Å². The van der Waals surface area contributed by atoms with Crippen LogP contribution in [0.3, 0.4) is 0 Å². The summed E-state index contributed by atoms with van der Waals surface area (Å²) in [5.74, 6) is -2.83. The maximum Gasteiger partial charge on any atom is 0.320 e. The van der Waals surface area contributed by atoms with Crippen molar-refractivity contribution in [2.45, 2.75) is 160 Å². The van der Waals surface area contributed by atoms with Crippen LogP contribution < -0.4 is 16.0 Å². The summed E-state index contributed by atoms with van der Waals surface area (Å²) in [6.07, 6.45) is 5.24. The molecular formula is C35H63N3O8. The van der Waals surface area contributed by atoms with Gasteiger partial charge in [0.25, 0.3) is 0 Å². The molecule has 0 amide bonds. The summed E-state index contributed by atoms with van der Waals surface area (Å²) in [7, 11) is 0. The van der Waals surface area contributed by atoms with Crippen molar-refractivity contribution in [2.24, 2.45) is 10.8 Å². The fourth-order valence-corrected chi connectivity index (χ4v) is 9.09. The Labute approximate surface area is 276 Å². The van der Waals surface area contributed by atoms with Gasteiger partial charge in [0.15, 0.2) is 11.6 Å². The molecule has 0 unspecified atom stereocenters. The molecule has 0 aromatic rings. The Morgan fingerprint density at radius 1 is 0.674 bits per heavy atom. The largest absolute Gasteiger partial charge is 0.480 e. The Hall–Kier alpha value is -1.34. The van der Waals surface area contributed by atoms with Gasteiger partial charge >= 0.3 is 11.9 Å². The molecule has 0 bridgehead atoms. The first-order chi connectivity index (χ1) is 21.1. The summed E-state index contributed by atoms with van der Waals surface area (Å²) in [6.45, 7) is 23.3. The van der Waals surface area contributed by atoms with Crippen LogP contribution in [-0.2, 0) is 33.3 Å². The number of carbonyl (C=O) groups excluding carboxylic acids is 1. The van der Waals surface area contributed by atoms with E-state index in [1.807, 2.05) is 0 Å². The molecule has 0 radical (unpaired) electrons. The maximum atomic E-state index is 13.1. The second kappa shape index (κ2) is 13.2. The Bertz CT molecular complexity index is 983. The minimum atomic E-state index is -1.02. The van der Waals surface area contributed by atoms with Crippen molar-refractivity contribution >= 4 is 11.9 Å². The van der Waals surface area contributed by atoms with Crippen molar-refractivity contribution in [3.05, 3.63) is 0 Å². The Balaban J connectivity index is 1.50. The van der Waals surface area contributed by atoms with Crippen LogP contribution in [0.4, 0.5) is 0 Å². The summed E-state index contributed by atoms with van der Waals surface area (Å²) in [6, 6.07) is 0. The van der Waals surface area contributed by atoms with Crippen LogP contribution in [0.1, 0.15) is 121 Å². The van der Waals surface area contributed by atoms with Gasteiger partial charge in [0.1, 0.15) is 6.10 Å². The maximum absolute atomic E-state index is 13.1. The van der Waals surface area contributed by atoms with Gasteiger partial charge in [-0.05, 0) is 81.1 Å². The van der Waals surface area contributed by atoms with E-state index in [2.05, 4.69) is 85.2 Å². The number of piperidine rings is 2. The monoisotopic (exact) mass is 653 g/mol. The molecule has 4 rings (SSSR count). The van der Waals surface area contributed by atoms with E-state index in [-0.39, 0.29) is 46.1 Å². The molecule has 11 nitrogen and oxygen atoms in total. The zero-order chi connectivity index (χ0) is 34.3. The summed E-state index contributed by atoms with van der Waals surface area (Å²) >= 11 is 0. The molecular weight excluding hydrogens is 590 g/mol. The third kappa shape index (κ3) is 9.42. The molecule has 46 heavy (non-hydrogen) atoms. The van der Waals surface area contributed by atoms with E-state index in [4.69, 9.17) is 28.8 Å². The highest BCUT2D eigenvalue weighted by Gasteiger charge is 2.56. The van der Waals surface area contributed by atoms with Gasteiger partial charge in [-0.3, -0.25) is 14.9 Å². The lowest BCUT2D eigenvalue weighted by molar-refractivity contribution is -0.336. The number of carbonyl (C=O) groups is 2. The highest BCUT2D eigenvalue weighted by Crippen LogP contribution is 2.49. The number of aliphatic carboxylic acids is 1. The van der Waals surface area contributed by atoms with Crippen LogP contribution >= 0.6 is 0 Å². The molecule has 0 aromatic carbocycles. The summed E-state index contributed by atoms with van der Waals surface area (Å²) < 4.78 is 33.0. The molecule has 4 N–H and O–H groups in total. The van der Waals surface area contributed by atoms with Crippen molar-refractivity contribution in [2.75, 3.05) is 39.5 Å². The lowest BCUT2D eigenvalue weighted by Gasteiger charge is -2.57. The van der Waals surface area contributed by atoms with Crippen LogP contribution in [0.25, 0.3) is 0 Å². The van der Waals surface area contributed by atoms with Crippen molar-refractivity contribution in [3.8, 4) is 0 Å². The van der Waals surface area contributed by atoms with Gasteiger partial charge in [-0.1, -0.05) is 13.8 Å². The number of rotatable bonds is 11. The number of ether oxygens (including phenoxy) is 5. The van der Waals surface area contributed by atoms with E-state index in [9.17, 15) is 9.59 Å². The second-order valence-corrected chi connectivity index (χ2v) is 17.7. The van der Waals surface area contributed by atoms with E-state index < -0.39 is 29.6 Å². The molecule has 0 atom stereocenters. The van der Waals surface area contributed by atoms with Gasteiger partial charge < -0.3 is 39.4 Å². The minimum Gasteiger partial charge on any atom is -0.480 e. The highest BCUT2D eigenvalue weighted by atomic mass is 16.7. The van der Waals surface area contributed by atoms with Crippen LogP contribution in [0.2, 0.25) is 0 Å². The molecule has 4 fully saturated rings. The topological polar surface area (TPSA) is 137 Å². The molecule has 2 spiro atoms. The normalized spacial score (nSPS) is 28.2. The molecule has 4 aliphatic rings. The summed E-state index contributed by atoms with van der Waals surface area (Å²) in [5.41, 5.74) is -1.25. The quantitative estimate of drug-likeness (QED) is 0.235. The molecule has 4 heterocycles. The van der Waals surface area contributed by atoms with E-state index in [0.717, 1.165) is 38.5 Å². The number of esters is 1. The molecule has 11 heteroatoms. The number of hydrogen-bond donors (Lipinski definition) is 4. The SMILES string of the molecule is CCC1(CC(CC2(CC)COC3(CC(C)(C)NC(C)(C)C3)OC2)OC(=O)CNCC(=O)O)COC2(CC(C)(C)NC(C)(C)C2)OC1. The van der Waals surface area contributed by atoms with Crippen molar-refractivity contribution in [1.29, 1.82) is 0 Å². The zero-order valence-corrected chi connectivity index (χ0v) is 30.3. The summed E-state index contributed by atoms with van der Waals surface area (Å²) in [5, 5.41) is 19.1. The molecule has 0 aromatic heterocycles. The smallest absolute Gasteiger partial charge is 0.320 e. The third-order valence-corrected chi connectivity index (χ3v) is 10.4. The molecule has 4 aliphatic heterocycles. The fourth-order valence-electron chi connectivity index (χ4n) is 9.09. The van der Waals surface area contributed by atoms with E-state index >= 15 is 0 Å². The molecule has 266 valence electrons. The van der Waals surface area contributed by atoms with Crippen LogP contribution in [0.5, 0.6) is 0 Å². The van der Waals surface area contributed by atoms with Gasteiger partial charge in [0.05, 0.1) is 39.5 Å². The number of carboxylic acid groups (broad SMARTS) is 1. The van der Waals surface area contributed by atoms with Crippen molar-refractivity contribution in [3.63, 3.8) is 0 Å². The lowest BCUT2D eigenvalue weighted by atomic mass is 9.72. The van der Waals surface area contributed by atoms with Gasteiger partial charge in [-0.25, -0.2) is 0 Å². The number of nitrogens with one attached hydrogen (secondary N) is 3.